The van der Waals surface area contributed by atoms with Crippen LogP contribution in [-0.2, 0) is 10.9 Å². The highest BCUT2D eigenvalue weighted by Crippen LogP contribution is 2.13. The van der Waals surface area contributed by atoms with Crippen molar-refractivity contribution in [3.63, 3.8) is 0 Å². The molecule has 0 aliphatic carbocycles. The molecular weight excluding hydrogens is 204 g/mol. The number of aliphatic hydroxyl groups is 1. The Kier molecular flexibility index (Phi) is 9.21. The van der Waals surface area contributed by atoms with Crippen molar-refractivity contribution in [3.05, 3.63) is 24.0 Å². The Morgan fingerprint density at radius 2 is 1.87 bits per heavy atom. The summed E-state index contributed by atoms with van der Waals surface area (Å²) < 4.78 is 0. The minimum Gasteiger partial charge on any atom is -0.512 e. The number of allylic oxidation sites excluding steroid dienone is 2. The van der Waals surface area contributed by atoms with Gasteiger partial charge in [-0.05, 0) is 42.8 Å². The predicted molar refractivity (Wildman–Crippen MR) is 71.2 cm³/mol. The van der Waals surface area contributed by atoms with E-state index in [0.717, 1.165) is 0 Å². The molecule has 1 aliphatic rings. The van der Waals surface area contributed by atoms with Crippen LogP contribution in [-0.4, -0.2) is 22.4 Å². The van der Waals surface area contributed by atoms with Gasteiger partial charge in [-0.15, -0.1) is 12.8 Å². The third-order valence-corrected chi connectivity index (χ3v) is 4.67. The first-order valence-corrected chi connectivity index (χ1v) is 7.02. The molecule has 0 aromatic carbocycles. The van der Waals surface area contributed by atoms with Gasteiger partial charge in [0.25, 0.3) is 0 Å². The van der Waals surface area contributed by atoms with Crippen molar-refractivity contribution >= 4 is 10.9 Å². The summed E-state index contributed by atoms with van der Waals surface area (Å²) in [4.78, 5) is 0. The number of hydrogen-bond acceptors (Lipinski definition) is 1. The van der Waals surface area contributed by atoms with Gasteiger partial charge in [0.05, 0.1) is 5.76 Å². The van der Waals surface area contributed by atoms with Gasteiger partial charge in [0.1, 0.15) is 17.3 Å². The van der Waals surface area contributed by atoms with Gasteiger partial charge in [-0.25, -0.2) is 0 Å². The van der Waals surface area contributed by atoms with E-state index in [4.69, 9.17) is 5.11 Å². The molecule has 1 nitrogen and oxygen atoms in total. The lowest BCUT2D eigenvalue weighted by molar-refractivity contribution is 0.400. The number of hydrogen-bond donors (Lipinski definition) is 1. The summed E-state index contributed by atoms with van der Waals surface area (Å²) in [5.74, 6) is 4.57. The Labute approximate surface area is 96.6 Å². The molecule has 84 valence electrons. The summed E-state index contributed by atoms with van der Waals surface area (Å²) in [5.41, 5.74) is 0. The molecule has 2 heteroatoms. The molecule has 0 unspecified atom stereocenters. The molecule has 1 heterocycles. The third-order valence-electron chi connectivity index (χ3n) is 2.27. The van der Waals surface area contributed by atoms with Crippen molar-refractivity contribution in [3.8, 4) is 12.8 Å². The number of rotatable bonds is 4. The lowest BCUT2D eigenvalue weighted by atomic mass is 10.3. The fourth-order valence-corrected chi connectivity index (χ4v) is 3.58. The van der Waals surface area contributed by atoms with Crippen LogP contribution >= 0.6 is 0 Å². The van der Waals surface area contributed by atoms with Crippen molar-refractivity contribution in [2.24, 2.45) is 0 Å². The van der Waals surface area contributed by atoms with E-state index in [1.54, 1.807) is 6.08 Å². The molecule has 1 aliphatic heterocycles. The lowest BCUT2D eigenvalue weighted by Gasteiger charge is -1.95. The standard InChI is InChI=1S/C11H18OS.C2H2/c1-2-11(12)7-3-4-8-13-9-5-6-10-13;1-2/h2-4H,5-10H2,1H3;1-2H/p+1/b4-3-,11-2+;. The van der Waals surface area contributed by atoms with E-state index < -0.39 is 0 Å². The zero-order valence-electron chi connectivity index (χ0n) is 9.48. The van der Waals surface area contributed by atoms with Crippen molar-refractivity contribution in [2.45, 2.75) is 26.2 Å². The molecule has 0 radical (unpaired) electrons. The van der Waals surface area contributed by atoms with Crippen molar-refractivity contribution in [2.75, 3.05) is 17.3 Å². The largest absolute Gasteiger partial charge is 0.512 e. The highest BCUT2D eigenvalue weighted by atomic mass is 32.2. The molecule has 0 atom stereocenters. The zero-order chi connectivity index (χ0) is 11.5. The molecule has 0 bridgehead atoms. The molecule has 1 saturated heterocycles. The van der Waals surface area contributed by atoms with Crippen LogP contribution < -0.4 is 0 Å². The second-order valence-electron chi connectivity index (χ2n) is 3.35. The SMILES string of the molecule is C#C.C/C=C(/O)C/C=C\C[S+]1CCCC1. The lowest BCUT2D eigenvalue weighted by Crippen LogP contribution is -2.06. The monoisotopic (exact) mass is 225 g/mol. The highest BCUT2D eigenvalue weighted by Gasteiger charge is 2.21. The number of aliphatic hydroxyl groups excluding tert-OH is 1. The molecule has 0 aromatic heterocycles. The van der Waals surface area contributed by atoms with Gasteiger partial charge in [-0.1, -0.05) is 6.08 Å². The van der Waals surface area contributed by atoms with Crippen molar-refractivity contribution < 1.29 is 5.11 Å². The molecule has 1 rings (SSSR count). The van der Waals surface area contributed by atoms with E-state index in [0.29, 0.717) is 23.1 Å². The van der Waals surface area contributed by atoms with Crippen molar-refractivity contribution in [1.29, 1.82) is 0 Å². The first-order valence-electron chi connectivity index (χ1n) is 5.29. The predicted octanol–water partition coefficient (Wildman–Crippen LogP) is 3.06. The Balaban J connectivity index is 0.000000921. The minimum atomic E-state index is 0.478. The average Bonchev–Trinajstić information content (AvgIpc) is 2.79. The third kappa shape index (κ3) is 7.16. The van der Waals surface area contributed by atoms with Crippen LogP contribution in [0.15, 0.2) is 24.0 Å². The quantitative estimate of drug-likeness (QED) is 0.337. The Morgan fingerprint density at radius 3 is 2.40 bits per heavy atom. The van der Waals surface area contributed by atoms with Crippen LogP contribution in [0, 0.1) is 12.8 Å². The van der Waals surface area contributed by atoms with E-state index >= 15 is 0 Å². The van der Waals surface area contributed by atoms with Crippen LogP contribution in [0.4, 0.5) is 0 Å². The van der Waals surface area contributed by atoms with Gasteiger partial charge in [0, 0.05) is 6.42 Å². The molecule has 1 fully saturated rings. The van der Waals surface area contributed by atoms with Gasteiger partial charge in [-0.2, -0.15) is 0 Å². The van der Waals surface area contributed by atoms with Gasteiger partial charge in [-0.3, -0.25) is 0 Å². The fourth-order valence-electron chi connectivity index (χ4n) is 1.41. The Morgan fingerprint density at radius 1 is 1.27 bits per heavy atom. The van der Waals surface area contributed by atoms with Crippen LogP contribution in [0.3, 0.4) is 0 Å². The average molecular weight is 225 g/mol. The van der Waals surface area contributed by atoms with Crippen LogP contribution in [0.5, 0.6) is 0 Å². The number of terminal acetylenes is 1. The summed E-state index contributed by atoms with van der Waals surface area (Å²) in [5, 5.41) is 9.16. The molecule has 0 saturated carbocycles. The van der Waals surface area contributed by atoms with E-state index in [1.165, 1.54) is 30.1 Å². The maximum atomic E-state index is 9.16. The maximum absolute atomic E-state index is 9.16. The Hall–Kier alpha value is -0.810. The molecule has 0 spiro atoms. The fraction of sp³-hybridized carbons (Fsp3) is 0.538. The topological polar surface area (TPSA) is 20.2 Å². The summed E-state index contributed by atoms with van der Waals surface area (Å²) in [6, 6.07) is 0. The van der Waals surface area contributed by atoms with Gasteiger partial charge < -0.3 is 5.11 Å². The van der Waals surface area contributed by atoms with E-state index in [1.807, 2.05) is 6.92 Å². The summed E-state index contributed by atoms with van der Waals surface area (Å²) in [6.07, 6.45) is 17.6. The zero-order valence-corrected chi connectivity index (χ0v) is 10.3. The second kappa shape index (κ2) is 9.73. The summed E-state index contributed by atoms with van der Waals surface area (Å²) in [7, 11) is 0.668. The van der Waals surface area contributed by atoms with Gasteiger partial charge in [0.15, 0.2) is 0 Å². The van der Waals surface area contributed by atoms with Gasteiger partial charge in [0.2, 0.25) is 0 Å². The maximum Gasteiger partial charge on any atom is 0.126 e. The summed E-state index contributed by atoms with van der Waals surface area (Å²) in [6.45, 7) is 1.86. The highest BCUT2D eigenvalue weighted by molar-refractivity contribution is 7.97. The van der Waals surface area contributed by atoms with Gasteiger partial charge >= 0.3 is 0 Å². The second-order valence-corrected chi connectivity index (χ2v) is 5.72. The van der Waals surface area contributed by atoms with Crippen LogP contribution in [0.1, 0.15) is 26.2 Å². The molecule has 15 heavy (non-hydrogen) atoms. The van der Waals surface area contributed by atoms with E-state index in [2.05, 4.69) is 25.0 Å². The molecule has 0 aromatic rings. The molecule has 1 N–H and O–H groups in total. The van der Waals surface area contributed by atoms with Crippen LogP contribution in [0.25, 0.3) is 0 Å². The van der Waals surface area contributed by atoms with E-state index in [9.17, 15) is 0 Å². The first-order chi connectivity index (χ1) is 7.33. The Bertz CT molecular complexity index is 222. The molecular formula is C13H21OS+. The van der Waals surface area contributed by atoms with Crippen molar-refractivity contribution in [1.82, 2.24) is 0 Å². The molecule has 0 amide bonds. The first kappa shape index (κ1) is 14.2. The summed E-state index contributed by atoms with van der Waals surface area (Å²) >= 11 is 0. The normalized spacial score (nSPS) is 17.7. The smallest absolute Gasteiger partial charge is 0.126 e. The minimum absolute atomic E-state index is 0.478. The van der Waals surface area contributed by atoms with Crippen LogP contribution in [0.2, 0.25) is 0 Å². The van der Waals surface area contributed by atoms with E-state index in [-0.39, 0.29) is 0 Å².